The van der Waals surface area contributed by atoms with Gasteiger partial charge in [-0.3, -0.25) is 4.79 Å². The predicted molar refractivity (Wildman–Crippen MR) is 72.5 cm³/mol. The van der Waals surface area contributed by atoms with Gasteiger partial charge in [-0.15, -0.1) is 0 Å². The quantitative estimate of drug-likeness (QED) is 0.672. The van der Waals surface area contributed by atoms with Crippen LogP contribution in [0.3, 0.4) is 0 Å². The Kier molecular flexibility index (Phi) is 5.01. The first-order valence-electron chi connectivity index (χ1n) is 7.24. The third-order valence-electron chi connectivity index (χ3n) is 3.96. The van der Waals surface area contributed by atoms with Crippen molar-refractivity contribution >= 4 is 11.9 Å². The molecule has 0 aromatic heterocycles. The summed E-state index contributed by atoms with van der Waals surface area (Å²) >= 11 is 0. The first-order chi connectivity index (χ1) is 9.20. The van der Waals surface area contributed by atoms with Crippen LogP contribution < -0.4 is 16.4 Å². The van der Waals surface area contributed by atoms with Crippen molar-refractivity contribution in [2.24, 2.45) is 11.7 Å². The number of nitrogens with one attached hydrogen (secondary N) is 2. The summed E-state index contributed by atoms with van der Waals surface area (Å²) in [6, 6.07) is 0.333. The van der Waals surface area contributed by atoms with Crippen LogP contribution in [0.15, 0.2) is 0 Å². The zero-order chi connectivity index (χ0) is 13.7. The number of nitrogens with zero attached hydrogens (tertiary/aromatic N) is 1. The van der Waals surface area contributed by atoms with Crippen LogP contribution in [0.4, 0.5) is 4.79 Å². The summed E-state index contributed by atoms with van der Waals surface area (Å²) in [7, 11) is 0. The fourth-order valence-corrected chi connectivity index (χ4v) is 2.53. The minimum absolute atomic E-state index is 0.0129. The van der Waals surface area contributed by atoms with Crippen molar-refractivity contribution in [1.82, 2.24) is 15.5 Å². The molecule has 0 aromatic carbocycles. The van der Waals surface area contributed by atoms with E-state index < -0.39 is 0 Å². The Morgan fingerprint density at radius 1 is 1.21 bits per heavy atom. The van der Waals surface area contributed by atoms with Crippen LogP contribution in [0.5, 0.6) is 0 Å². The van der Waals surface area contributed by atoms with Crippen LogP contribution in [-0.2, 0) is 4.79 Å². The van der Waals surface area contributed by atoms with E-state index in [4.69, 9.17) is 5.73 Å². The number of piperidine rings is 1. The number of urea groups is 1. The van der Waals surface area contributed by atoms with Crippen LogP contribution in [0.2, 0.25) is 0 Å². The van der Waals surface area contributed by atoms with Gasteiger partial charge in [0, 0.05) is 32.2 Å². The lowest BCUT2D eigenvalue weighted by Gasteiger charge is -2.35. The fourth-order valence-electron chi connectivity index (χ4n) is 2.53. The second-order valence-corrected chi connectivity index (χ2v) is 5.44. The summed E-state index contributed by atoms with van der Waals surface area (Å²) in [5.74, 6) is -0.0703. The van der Waals surface area contributed by atoms with Crippen molar-refractivity contribution < 1.29 is 9.59 Å². The molecule has 0 aromatic rings. The van der Waals surface area contributed by atoms with Gasteiger partial charge in [-0.05, 0) is 32.1 Å². The van der Waals surface area contributed by atoms with Crippen LogP contribution in [0, 0.1) is 5.92 Å². The molecule has 1 saturated carbocycles. The standard InChI is InChI=1S/C13H24N4O2/c14-6-7-15-12(18)10-3-2-8-17(9-10)13(19)16-11-4-1-5-11/h10-11H,1-9,14H2,(H,15,18)(H,16,19). The molecule has 0 bridgehead atoms. The van der Waals surface area contributed by atoms with Gasteiger partial charge in [0.25, 0.3) is 0 Å². The molecule has 2 fully saturated rings. The largest absolute Gasteiger partial charge is 0.355 e. The number of hydrogen-bond donors (Lipinski definition) is 3. The number of carbonyl (C=O) groups excluding carboxylic acids is 2. The lowest BCUT2D eigenvalue weighted by atomic mass is 9.93. The van der Waals surface area contributed by atoms with Gasteiger partial charge in [0.15, 0.2) is 0 Å². The van der Waals surface area contributed by atoms with Crippen molar-refractivity contribution in [2.75, 3.05) is 26.2 Å². The third kappa shape index (κ3) is 3.83. The highest BCUT2D eigenvalue weighted by Crippen LogP contribution is 2.20. The molecule has 1 saturated heterocycles. The first kappa shape index (κ1) is 14.1. The lowest BCUT2D eigenvalue weighted by molar-refractivity contribution is -0.126. The Morgan fingerprint density at radius 3 is 2.63 bits per heavy atom. The van der Waals surface area contributed by atoms with Gasteiger partial charge < -0.3 is 21.3 Å². The molecule has 19 heavy (non-hydrogen) atoms. The lowest BCUT2D eigenvalue weighted by Crippen LogP contribution is -2.52. The Morgan fingerprint density at radius 2 is 2.00 bits per heavy atom. The second-order valence-electron chi connectivity index (χ2n) is 5.44. The summed E-state index contributed by atoms with van der Waals surface area (Å²) in [5.41, 5.74) is 5.37. The SMILES string of the molecule is NCCNC(=O)C1CCCN(C(=O)NC2CCC2)C1. The van der Waals surface area contributed by atoms with E-state index in [1.54, 1.807) is 4.90 Å². The predicted octanol–water partition coefficient (Wildman–Crippen LogP) is 0.0354. The average Bonchev–Trinajstić information content (AvgIpc) is 2.40. The normalized spacial score (nSPS) is 23.6. The van der Waals surface area contributed by atoms with E-state index in [1.807, 2.05) is 0 Å². The third-order valence-corrected chi connectivity index (χ3v) is 3.96. The zero-order valence-corrected chi connectivity index (χ0v) is 11.4. The summed E-state index contributed by atoms with van der Waals surface area (Å²) in [6.07, 6.45) is 5.11. The molecule has 0 spiro atoms. The van der Waals surface area contributed by atoms with Gasteiger partial charge >= 0.3 is 6.03 Å². The van der Waals surface area contributed by atoms with Gasteiger partial charge in [0.2, 0.25) is 5.91 Å². The minimum atomic E-state index is -0.0903. The first-order valence-corrected chi connectivity index (χ1v) is 7.24. The summed E-state index contributed by atoms with van der Waals surface area (Å²) in [5, 5.41) is 5.83. The monoisotopic (exact) mass is 268 g/mol. The molecule has 1 aliphatic heterocycles. The van der Waals surface area contributed by atoms with Crippen molar-refractivity contribution in [1.29, 1.82) is 0 Å². The van der Waals surface area contributed by atoms with Crippen molar-refractivity contribution in [2.45, 2.75) is 38.1 Å². The molecule has 6 heteroatoms. The van der Waals surface area contributed by atoms with Gasteiger partial charge in [-0.1, -0.05) is 0 Å². The van der Waals surface area contributed by atoms with Crippen LogP contribution in [0.1, 0.15) is 32.1 Å². The average molecular weight is 268 g/mol. The van der Waals surface area contributed by atoms with E-state index in [0.717, 1.165) is 32.2 Å². The number of hydrogen-bond acceptors (Lipinski definition) is 3. The maximum absolute atomic E-state index is 12.0. The summed E-state index contributed by atoms with van der Waals surface area (Å²) in [6.45, 7) is 2.22. The molecule has 1 atom stereocenters. The number of amides is 3. The molecular formula is C13H24N4O2. The van der Waals surface area contributed by atoms with Crippen LogP contribution in [-0.4, -0.2) is 49.1 Å². The molecule has 108 valence electrons. The zero-order valence-electron chi connectivity index (χ0n) is 11.4. The number of carbonyl (C=O) groups is 2. The van der Waals surface area contributed by atoms with Crippen molar-refractivity contribution in [3.8, 4) is 0 Å². The highest BCUT2D eigenvalue weighted by Gasteiger charge is 2.29. The van der Waals surface area contributed by atoms with E-state index in [9.17, 15) is 9.59 Å². The van der Waals surface area contributed by atoms with Crippen LogP contribution >= 0.6 is 0 Å². The Balaban J connectivity index is 1.78. The maximum atomic E-state index is 12.0. The van der Waals surface area contributed by atoms with Crippen molar-refractivity contribution in [3.63, 3.8) is 0 Å². The highest BCUT2D eigenvalue weighted by molar-refractivity contribution is 5.80. The molecule has 1 heterocycles. The van der Waals surface area contributed by atoms with E-state index in [-0.39, 0.29) is 17.9 Å². The Bertz CT molecular complexity index is 331. The molecule has 0 radical (unpaired) electrons. The number of rotatable bonds is 4. The molecule has 4 N–H and O–H groups in total. The smallest absolute Gasteiger partial charge is 0.317 e. The van der Waals surface area contributed by atoms with Gasteiger partial charge in [-0.2, -0.15) is 0 Å². The highest BCUT2D eigenvalue weighted by atomic mass is 16.2. The van der Waals surface area contributed by atoms with Gasteiger partial charge in [0.05, 0.1) is 5.92 Å². The van der Waals surface area contributed by atoms with Crippen molar-refractivity contribution in [3.05, 3.63) is 0 Å². The molecule has 3 amide bonds. The maximum Gasteiger partial charge on any atom is 0.317 e. The minimum Gasteiger partial charge on any atom is -0.355 e. The van der Waals surface area contributed by atoms with Gasteiger partial charge in [-0.25, -0.2) is 4.79 Å². The number of likely N-dealkylation sites (tertiary alicyclic amines) is 1. The molecule has 2 rings (SSSR count). The molecular weight excluding hydrogens is 244 g/mol. The molecule has 2 aliphatic rings. The van der Waals surface area contributed by atoms with E-state index in [1.165, 1.54) is 6.42 Å². The Hall–Kier alpha value is -1.30. The Labute approximate surface area is 114 Å². The van der Waals surface area contributed by atoms with E-state index in [2.05, 4.69) is 10.6 Å². The van der Waals surface area contributed by atoms with E-state index >= 15 is 0 Å². The van der Waals surface area contributed by atoms with Crippen LogP contribution in [0.25, 0.3) is 0 Å². The second kappa shape index (κ2) is 6.75. The topological polar surface area (TPSA) is 87.5 Å². The molecule has 1 unspecified atom stereocenters. The van der Waals surface area contributed by atoms with Gasteiger partial charge in [0.1, 0.15) is 0 Å². The van der Waals surface area contributed by atoms with E-state index in [0.29, 0.717) is 25.7 Å². The fraction of sp³-hybridized carbons (Fsp3) is 0.846. The number of nitrogens with two attached hydrogens (primary N) is 1. The molecule has 1 aliphatic carbocycles. The summed E-state index contributed by atoms with van der Waals surface area (Å²) in [4.78, 5) is 25.7. The summed E-state index contributed by atoms with van der Waals surface area (Å²) < 4.78 is 0. The molecule has 6 nitrogen and oxygen atoms in total.